The summed E-state index contributed by atoms with van der Waals surface area (Å²) >= 11 is 0. The molecule has 0 aliphatic carbocycles. The standard InChI is InChI=1S/C30H43F4N3/c1-5-35-16-6-7-22(2)26-12-11-25(19-27(26)31)28-13-10-24(20-36-28)9-8-23-14-17-37(18-15-23)21-29(3,4)30(32,33)34/h10-13,19-20,22-23,35H,5-9,14-18,21H2,1-4H3. The number of piperidine rings is 1. The van der Waals surface area contributed by atoms with Crippen LogP contribution in [0.15, 0.2) is 36.5 Å². The molecule has 3 nitrogen and oxygen atoms in total. The highest BCUT2D eigenvalue weighted by Gasteiger charge is 2.48. The first-order valence-corrected chi connectivity index (χ1v) is 13.7. The number of nitrogens with one attached hydrogen (secondary N) is 1. The second-order valence-electron chi connectivity index (χ2n) is 11.3. The number of aromatic nitrogens is 1. The van der Waals surface area contributed by atoms with Crippen molar-refractivity contribution in [3.8, 4) is 11.3 Å². The lowest BCUT2D eigenvalue weighted by Crippen LogP contribution is -2.46. The van der Waals surface area contributed by atoms with Gasteiger partial charge in [-0.05, 0) is 114 Å². The van der Waals surface area contributed by atoms with Gasteiger partial charge >= 0.3 is 6.18 Å². The van der Waals surface area contributed by atoms with Crippen molar-refractivity contribution in [1.29, 1.82) is 0 Å². The first-order valence-electron chi connectivity index (χ1n) is 13.7. The van der Waals surface area contributed by atoms with E-state index in [9.17, 15) is 17.6 Å². The zero-order valence-corrected chi connectivity index (χ0v) is 22.8. The molecule has 0 spiro atoms. The van der Waals surface area contributed by atoms with Gasteiger partial charge in [0, 0.05) is 18.3 Å². The quantitative estimate of drug-likeness (QED) is 0.230. The van der Waals surface area contributed by atoms with Gasteiger partial charge in [0.2, 0.25) is 0 Å². The minimum atomic E-state index is -4.18. The molecule has 1 fully saturated rings. The highest BCUT2D eigenvalue weighted by Crippen LogP contribution is 2.39. The minimum Gasteiger partial charge on any atom is -0.317 e. The Labute approximate surface area is 220 Å². The van der Waals surface area contributed by atoms with Gasteiger partial charge < -0.3 is 10.2 Å². The fraction of sp³-hybridized carbons (Fsp3) is 0.633. The Balaban J connectivity index is 1.47. The number of likely N-dealkylation sites (tertiary alicyclic amines) is 1. The van der Waals surface area contributed by atoms with E-state index < -0.39 is 11.6 Å². The summed E-state index contributed by atoms with van der Waals surface area (Å²) in [7, 11) is 0. The first-order chi connectivity index (χ1) is 17.5. The van der Waals surface area contributed by atoms with Crippen molar-refractivity contribution in [2.45, 2.75) is 78.3 Å². The van der Waals surface area contributed by atoms with E-state index in [0.717, 1.165) is 87.1 Å². The van der Waals surface area contributed by atoms with Crippen LogP contribution in [0, 0.1) is 17.2 Å². The van der Waals surface area contributed by atoms with Crippen LogP contribution in [0.25, 0.3) is 11.3 Å². The number of pyridine rings is 1. The van der Waals surface area contributed by atoms with E-state index >= 15 is 0 Å². The minimum absolute atomic E-state index is 0.0610. The van der Waals surface area contributed by atoms with E-state index in [1.54, 1.807) is 6.07 Å². The van der Waals surface area contributed by atoms with Gasteiger partial charge in [-0.25, -0.2) is 4.39 Å². The second-order valence-corrected chi connectivity index (χ2v) is 11.3. The maximum Gasteiger partial charge on any atom is 0.395 e. The van der Waals surface area contributed by atoms with Crippen LogP contribution in [-0.4, -0.2) is 48.8 Å². The average molecular weight is 522 g/mol. The van der Waals surface area contributed by atoms with Gasteiger partial charge in [-0.3, -0.25) is 4.98 Å². The molecule has 0 radical (unpaired) electrons. The van der Waals surface area contributed by atoms with Crippen LogP contribution >= 0.6 is 0 Å². The number of hydrogen-bond donors (Lipinski definition) is 1. The molecule has 3 rings (SSSR count). The number of benzene rings is 1. The Morgan fingerprint density at radius 2 is 1.84 bits per heavy atom. The van der Waals surface area contributed by atoms with Crippen molar-refractivity contribution >= 4 is 0 Å². The van der Waals surface area contributed by atoms with Gasteiger partial charge in [0.1, 0.15) is 5.82 Å². The fourth-order valence-corrected chi connectivity index (χ4v) is 5.15. The van der Waals surface area contributed by atoms with Crippen LogP contribution in [-0.2, 0) is 6.42 Å². The SMILES string of the molecule is CCNCCCC(C)c1ccc(-c2ccc(CCC3CCN(CC(C)(C)C(F)(F)F)CC3)cn2)cc1F. The monoisotopic (exact) mass is 521 g/mol. The Morgan fingerprint density at radius 3 is 2.43 bits per heavy atom. The second kappa shape index (κ2) is 13.2. The molecule has 206 valence electrons. The Kier molecular flexibility index (Phi) is 10.5. The summed E-state index contributed by atoms with van der Waals surface area (Å²) < 4.78 is 54.4. The van der Waals surface area contributed by atoms with E-state index in [-0.39, 0.29) is 18.3 Å². The summed E-state index contributed by atoms with van der Waals surface area (Å²) in [4.78, 5) is 6.54. The van der Waals surface area contributed by atoms with Gasteiger partial charge in [-0.2, -0.15) is 13.2 Å². The molecule has 1 atom stereocenters. The molecule has 2 heterocycles. The fourth-order valence-electron chi connectivity index (χ4n) is 5.15. The van der Waals surface area contributed by atoms with E-state index in [1.165, 1.54) is 13.8 Å². The van der Waals surface area contributed by atoms with Crippen molar-refractivity contribution < 1.29 is 17.6 Å². The predicted octanol–water partition coefficient (Wildman–Crippen LogP) is 7.61. The number of hydrogen-bond acceptors (Lipinski definition) is 3. The third-order valence-corrected chi connectivity index (χ3v) is 7.83. The van der Waals surface area contributed by atoms with Crippen LogP contribution in [0.5, 0.6) is 0 Å². The van der Waals surface area contributed by atoms with Gasteiger partial charge in [0.05, 0.1) is 11.1 Å². The molecule has 0 bridgehead atoms. The Morgan fingerprint density at radius 1 is 1.11 bits per heavy atom. The normalized spacial score (nSPS) is 16.8. The zero-order chi connectivity index (χ0) is 27.1. The van der Waals surface area contributed by atoms with Crippen LogP contribution in [0.1, 0.15) is 76.8 Å². The molecule has 1 saturated heterocycles. The maximum atomic E-state index is 14.8. The molecule has 1 aromatic heterocycles. The molecule has 37 heavy (non-hydrogen) atoms. The summed E-state index contributed by atoms with van der Waals surface area (Å²) in [5, 5.41) is 3.31. The van der Waals surface area contributed by atoms with E-state index in [2.05, 4.69) is 30.2 Å². The molecule has 1 unspecified atom stereocenters. The van der Waals surface area contributed by atoms with E-state index in [0.29, 0.717) is 5.92 Å². The summed E-state index contributed by atoms with van der Waals surface area (Å²) in [6, 6.07) is 9.44. The highest BCUT2D eigenvalue weighted by atomic mass is 19.4. The third-order valence-electron chi connectivity index (χ3n) is 7.83. The van der Waals surface area contributed by atoms with Crippen molar-refractivity contribution in [2.24, 2.45) is 11.3 Å². The van der Waals surface area contributed by atoms with E-state index in [1.807, 2.05) is 29.3 Å². The molecule has 0 saturated carbocycles. The first kappa shape index (κ1) is 29.6. The lowest BCUT2D eigenvalue weighted by Gasteiger charge is -2.38. The Bertz CT molecular complexity index is 964. The number of aryl methyl sites for hydroxylation is 1. The zero-order valence-electron chi connectivity index (χ0n) is 22.8. The maximum absolute atomic E-state index is 14.8. The lowest BCUT2D eigenvalue weighted by molar-refractivity contribution is -0.217. The molecule has 2 aromatic rings. The summed E-state index contributed by atoms with van der Waals surface area (Å²) in [5.41, 5.74) is 1.75. The van der Waals surface area contributed by atoms with Crippen LogP contribution < -0.4 is 5.32 Å². The summed E-state index contributed by atoms with van der Waals surface area (Å²) in [6.45, 7) is 10.1. The number of alkyl halides is 3. The van der Waals surface area contributed by atoms with Crippen molar-refractivity contribution in [2.75, 3.05) is 32.7 Å². The van der Waals surface area contributed by atoms with Crippen molar-refractivity contribution in [3.63, 3.8) is 0 Å². The van der Waals surface area contributed by atoms with Crippen molar-refractivity contribution in [3.05, 3.63) is 53.5 Å². The van der Waals surface area contributed by atoms with Crippen LogP contribution in [0.2, 0.25) is 0 Å². The number of rotatable bonds is 12. The average Bonchev–Trinajstić information content (AvgIpc) is 2.85. The number of nitrogens with zero attached hydrogens (tertiary/aromatic N) is 2. The van der Waals surface area contributed by atoms with Gasteiger partial charge in [-0.15, -0.1) is 0 Å². The molecule has 1 aromatic carbocycles. The molecule has 0 amide bonds. The lowest BCUT2D eigenvalue weighted by atomic mass is 9.87. The topological polar surface area (TPSA) is 28.2 Å². The predicted molar refractivity (Wildman–Crippen MR) is 143 cm³/mol. The molecule has 1 aliphatic heterocycles. The smallest absolute Gasteiger partial charge is 0.317 e. The van der Waals surface area contributed by atoms with Gasteiger partial charge in [0.25, 0.3) is 0 Å². The van der Waals surface area contributed by atoms with Gasteiger partial charge in [-0.1, -0.05) is 32.0 Å². The Hall–Kier alpha value is -1.99. The highest BCUT2D eigenvalue weighted by molar-refractivity contribution is 5.60. The molecule has 1 N–H and O–H groups in total. The summed E-state index contributed by atoms with van der Waals surface area (Å²) in [5.74, 6) is 0.515. The largest absolute Gasteiger partial charge is 0.395 e. The van der Waals surface area contributed by atoms with Gasteiger partial charge in [0.15, 0.2) is 0 Å². The van der Waals surface area contributed by atoms with Crippen LogP contribution in [0.4, 0.5) is 17.6 Å². The molecule has 7 heteroatoms. The third kappa shape index (κ3) is 8.51. The summed E-state index contributed by atoms with van der Waals surface area (Å²) in [6.07, 6.45) is 3.41. The number of halogens is 4. The van der Waals surface area contributed by atoms with Crippen molar-refractivity contribution in [1.82, 2.24) is 15.2 Å². The molecule has 1 aliphatic rings. The molecular formula is C30H43F4N3. The molecular weight excluding hydrogens is 478 g/mol. The van der Waals surface area contributed by atoms with Crippen LogP contribution in [0.3, 0.4) is 0 Å². The van der Waals surface area contributed by atoms with E-state index in [4.69, 9.17) is 0 Å².